The smallest absolute Gasteiger partial charge is 0.254 e. The number of nitrogens with one attached hydrogen (secondary N) is 1. The Morgan fingerprint density at radius 2 is 2.30 bits per heavy atom. The first-order chi connectivity index (χ1) is 11.2. The summed E-state index contributed by atoms with van der Waals surface area (Å²) < 4.78 is 6.18. The topological polar surface area (TPSA) is 91.3 Å². The van der Waals surface area contributed by atoms with Gasteiger partial charge in [-0.15, -0.1) is 0 Å². The molecular formula is C16H18N4O3. The van der Waals surface area contributed by atoms with E-state index in [2.05, 4.69) is 15.4 Å². The predicted octanol–water partition coefficient (Wildman–Crippen LogP) is 0.570. The number of aromatic amines is 1. The summed E-state index contributed by atoms with van der Waals surface area (Å²) >= 11 is 0. The van der Waals surface area contributed by atoms with Crippen LogP contribution in [0.3, 0.4) is 0 Å². The molecule has 120 valence electrons. The highest BCUT2D eigenvalue weighted by atomic mass is 16.5. The Hall–Kier alpha value is -1.99. The van der Waals surface area contributed by atoms with Crippen LogP contribution in [0.15, 0.2) is 18.2 Å². The lowest BCUT2D eigenvalue weighted by Crippen LogP contribution is -2.38. The maximum atomic E-state index is 12.9. The van der Waals surface area contributed by atoms with Crippen molar-refractivity contribution in [3.05, 3.63) is 23.8 Å². The van der Waals surface area contributed by atoms with Crippen molar-refractivity contribution >= 4 is 16.9 Å². The lowest BCUT2D eigenvalue weighted by Gasteiger charge is -2.27. The van der Waals surface area contributed by atoms with Gasteiger partial charge in [-0.1, -0.05) is 0 Å². The molecule has 1 aromatic carbocycles. The van der Waals surface area contributed by atoms with E-state index in [1.165, 1.54) is 0 Å². The first-order valence-corrected chi connectivity index (χ1v) is 8.09. The highest BCUT2D eigenvalue weighted by Gasteiger charge is 2.63. The van der Waals surface area contributed by atoms with Crippen molar-refractivity contribution in [1.29, 1.82) is 0 Å². The minimum atomic E-state index is -0.230. The summed E-state index contributed by atoms with van der Waals surface area (Å²) in [5.41, 5.74) is 1.84. The number of benzene rings is 1. The molecule has 1 aromatic heterocycles. The molecule has 2 aromatic rings. The fourth-order valence-corrected chi connectivity index (χ4v) is 4.75. The summed E-state index contributed by atoms with van der Waals surface area (Å²) in [5, 5.41) is 20.3. The van der Waals surface area contributed by atoms with E-state index in [4.69, 9.17) is 4.74 Å². The minimum Gasteiger partial charge on any atom is -0.396 e. The van der Waals surface area contributed by atoms with E-state index >= 15 is 0 Å². The molecule has 1 spiro atoms. The molecule has 3 saturated heterocycles. The summed E-state index contributed by atoms with van der Waals surface area (Å²) in [6, 6.07) is 5.37. The standard InChI is InChI=1S/C16H18N4O3/c21-7-10-11-6-20(8-16(11)4-3-14(10)23-16)15(22)9-1-2-12-13(5-9)18-19-17-12/h1-2,5,10-11,14,21H,3-4,6-8H2,(H,17,18,19)/t10-,11+,14+,16+/m1/s1. The highest BCUT2D eigenvalue weighted by molar-refractivity contribution is 5.97. The molecule has 4 heterocycles. The molecule has 0 aliphatic carbocycles. The molecule has 3 fully saturated rings. The van der Waals surface area contributed by atoms with Gasteiger partial charge in [0, 0.05) is 30.6 Å². The summed E-state index contributed by atoms with van der Waals surface area (Å²) in [6.45, 7) is 1.43. The first-order valence-electron chi connectivity index (χ1n) is 8.09. The van der Waals surface area contributed by atoms with E-state index in [0.717, 1.165) is 18.4 Å². The van der Waals surface area contributed by atoms with Gasteiger partial charge < -0.3 is 14.7 Å². The van der Waals surface area contributed by atoms with Gasteiger partial charge in [0.1, 0.15) is 11.0 Å². The number of aliphatic hydroxyl groups excluding tert-OH is 1. The number of hydrogen-bond donors (Lipinski definition) is 2. The van der Waals surface area contributed by atoms with Crippen molar-refractivity contribution in [3.63, 3.8) is 0 Å². The molecular weight excluding hydrogens is 296 g/mol. The monoisotopic (exact) mass is 314 g/mol. The van der Waals surface area contributed by atoms with Gasteiger partial charge in [0.15, 0.2) is 0 Å². The second-order valence-corrected chi connectivity index (χ2v) is 6.93. The Morgan fingerprint density at radius 3 is 3.17 bits per heavy atom. The molecule has 7 nitrogen and oxygen atoms in total. The van der Waals surface area contributed by atoms with Crippen LogP contribution >= 0.6 is 0 Å². The number of fused-ring (bicyclic) bond motifs is 2. The lowest BCUT2D eigenvalue weighted by atomic mass is 9.74. The third-order valence-corrected chi connectivity index (χ3v) is 5.85. The third-order valence-electron chi connectivity index (χ3n) is 5.85. The van der Waals surface area contributed by atoms with Crippen LogP contribution in [0.2, 0.25) is 0 Å². The summed E-state index contributed by atoms with van der Waals surface area (Å²) in [6.07, 6.45) is 2.16. The van der Waals surface area contributed by atoms with Gasteiger partial charge in [-0.05, 0) is 31.0 Å². The molecule has 3 aliphatic rings. The molecule has 0 saturated carbocycles. The number of nitrogens with zero attached hydrogens (tertiary/aromatic N) is 3. The number of H-pyrrole nitrogens is 1. The van der Waals surface area contributed by atoms with Crippen LogP contribution in [0.5, 0.6) is 0 Å². The fourth-order valence-electron chi connectivity index (χ4n) is 4.75. The van der Waals surface area contributed by atoms with Gasteiger partial charge in [-0.25, -0.2) is 0 Å². The van der Waals surface area contributed by atoms with E-state index < -0.39 is 0 Å². The van der Waals surface area contributed by atoms with E-state index in [0.29, 0.717) is 24.2 Å². The lowest BCUT2D eigenvalue weighted by molar-refractivity contribution is 0.00154. The van der Waals surface area contributed by atoms with Crippen LogP contribution in [-0.2, 0) is 4.74 Å². The number of carbonyl (C=O) groups is 1. The number of rotatable bonds is 2. The average Bonchev–Trinajstić information content (AvgIpc) is 3.31. The molecule has 7 heteroatoms. The molecule has 2 bridgehead atoms. The van der Waals surface area contributed by atoms with Gasteiger partial charge >= 0.3 is 0 Å². The van der Waals surface area contributed by atoms with Gasteiger partial charge in [0.2, 0.25) is 0 Å². The van der Waals surface area contributed by atoms with Crippen LogP contribution in [-0.4, -0.2) is 62.7 Å². The maximum Gasteiger partial charge on any atom is 0.254 e. The van der Waals surface area contributed by atoms with Gasteiger partial charge in [0.05, 0.1) is 18.2 Å². The van der Waals surface area contributed by atoms with E-state index in [1.807, 2.05) is 4.90 Å². The van der Waals surface area contributed by atoms with Gasteiger partial charge in [-0.2, -0.15) is 15.4 Å². The Kier molecular flexibility index (Phi) is 2.64. The maximum absolute atomic E-state index is 12.9. The third kappa shape index (κ3) is 1.74. The normalized spacial score (nSPS) is 35.2. The largest absolute Gasteiger partial charge is 0.396 e. The average molecular weight is 314 g/mol. The number of likely N-dealkylation sites (tertiary alicyclic amines) is 1. The molecule has 2 N–H and O–H groups in total. The Bertz CT molecular complexity index is 790. The number of ether oxygens (including phenoxy) is 1. The van der Waals surface area contributed by atoms with Crippen LogP contribution in [0.1, 0.15) is 23.2 Å². The number of aliphatic hydroxyl groups is 1. The number of amides is 1. The van der Waals surface area contributed by atoms with Crippen LogP contribution in [0, 0.1) is 11.8 Å². The first kappa shape index (κ1) is 13.4. The Morgan fingerprint density at radius 1 is 1.43 bits per heavy atom. The second kappa shape index (κ2) is 4.52. The van der Waals surface area contributed by atoms with Gasteiger partial charge in [-0.3, -0.25) is 4.79 Å². The Labute approximate surface area is 132 Å². The van der Waals surface area contributed by atoms with Crippen molar-refractivity contribution in [2.45, 2.75) is 24.5 Å². The van der Waals surface area contributed by atoms with E-state index in [9.17, 15) is 9.90 Å². The fraction of sp³-hybridized carbons (Fsp3) is 0.562. The second-order valence-electron chi connectivity index (χ2n) is 6.93. The van der Waals surface area contributed by atoms with Crippen molar-refractivity contribution in [2.24, 2.45) is 11.8 Å². The van der Waals surface area contributed by atoms with Crippen molar-refractivity contribution in [1.82, 2.24) is 20.3 Å². The molecule has 5 rings (SSSR count). The molecule has 3 aliphatic heterocycles. The SMILES string of the molecule is O=C(c1ccc2n[nH]nc2c1)N1C[C@H]2[C@@H](CO)[C@@H]3CC[C@@]2(C1)O3. The van der Waals surface area contributed by atoms with Crippen molar-refractivity contribution < 1.29 is 14.6 Å². The van der Waals surface area contributed by atoms with Crippen LogP contribution < -0.4 is 0 Å². The molecule has 23 heavy (non-hydrogen) atoms. The zero-order valence-electron chi connectivity index (χ0n) is 12.6. The number of carbonyl (C=O) groups excluding carboxylic acids is 1. The number of aromatic nitrogens is 3. The predicted molar refractivity (Wildman–Crippen MR) is 80.7 cm³/mol. The molecule has 1 amide bonds. The highest BCUT2D eigenvalue weighted by Crippen LogP contribution is 2.54. The van der Waals surface area contributed by atoms with Crippen LogP contribution in [0.25, 0.3) is 11.0 Å². The van der Waals surface area contributed by atoms with Crippen LogP contribution in [0.4, 0.5) is 0 Å². The van der Waals surface area contributed by atoms with Crippen molar-refractivity contribution in [2.75, 3.05) is 19.7 Å². The summed E-state index contributed by atoms with van der Waals surface area (Å²) in [5.74, 6) is 0.424. The molecule has 0 unspecified atom stereocenters. The Balaban J connectivity index is 1.43. The quantitative estimate of drug-likeness (QED) is 0.845. The minimum absolute atomic E-state index is 0.00224. The summed E-state index contributed by atoms with van der Waals surface area (Å²) in [4.78, 5) is 14.7. The number of hydrogen-bond acceptors (Lipinski definition) is 5. The molecule has 0 radical (unpaired) electrons. The zero-order chi connectivity index (χ0) is 15.6. The van der Waals surface area contributed by atoms with Crippen molar-refractivity contribution in [3.8, 4) is 0 Å². The van der Waals surface area contributed by atoms with E-state index in [-0.39, 0.29) is 36.1 Å². The van der Waals surface area contributed by atoms with E-state index in [1.54, 1.807) is 18.2 Å². The zero-order valence-corrected chi connectivity index (χ0v) is 12.6. The summed E-state index contributed by atoms with van der Waals surface area (Å²) in [7, 11) is 0. The molecule has 4 atom stereocenters. The van der Waals surface area contributed by atoms with Gasteiger partial charge in [0.25, 0.3) is 5.91 Å².